The number of aromatic nitrogens is 1. The molecule has 2 rings (SSSR count). The third-order valence-corrected chi connectivity index (χ3v) is 2.72. The van der Waals surface area contributed by atoms with Crippen LogP contribution in [0.4, 0.5) is 0 Å². The molecule has 0 aliphatic carbocycles. The highest BCUT2D eigenvalue weighted by Gasteiger charge is 2.10. The van der Waals surface area contributed by atoms with E-state index in [1.54, 1.807) is 6.20 Å². The number of nitrogens with two attached hydrogens (primary N) is 1. The SMILES string of the molecule is CCc1cncc(OC[C@@H](N)COC2=NCCN2)c1. The summed E-state index contributed by atoms with van der Waals surface area (Å²) in [4.78, 5) is 8.24. The van der Waals surface area contributed by atoms with Gasteiger partial charge in [-0.05, 0) is 18.1 Å². The van der Waals surface area contributed by atoms with Crippen molar-refractivity contribution in [3.8, 4) is 5.75 Å². The number of rotatable bonds is 6. The topological polar surface area (TPSA) is 81.8 Å². The predicted octanol–water partition coefficient (Wildman–Crippen LogP) is 0.326. The lowest BCUT2D eigenvalue weighted by Gasteiger charge is -2.14. The van der Waals surface area contributed by atoms with E-state index in [0.717, 1.165) is 30.8 Å². The highest BCUT2D eigenvalue weighted by molar-refractivity contribution is 5.75. The number of pyridine rings is 1. The van der Waals surface area contributed by atoms with Gasteiger partial charge in [0, 0.05) is 12.7 Å². The smallest absolute Gasteiger partial charge is 0.284 e. The first kappa shape index (κ1) is 13.6. The zero-order valence-electron chi connectivity index (χ0n) is 11.1. The van der Waals surface area contributed by atoms with E-state index in [2.05, 4.69) is 22.2 Å². The molecule has 1 aromatic rings. The van der Waals surface area contributed by atoms with E-state index in [0.29, 0.717) is 19.2 Å². The number of hydrogen-bond donors (Lipinski definition) is 2. The van der Waals surface area contributed by atoms with Crippen molar-refractivity contribution in [2.45, 2.75) is 19.4 Å². The number of nitrogens with one attached hydrogen (secondary N) is 1. The monoisotopic (exact) mass is 264 g/mol. The molecule has 0 unspecified atom stereocenters. The van der Waals surface area contributed by atoms with Crippen LogP contribution >= 0.6 is 0 Å². The number of aryl methyl sites for hydroxylation is 1. The molecule has 1 atom stereocenters. The van der Waals surface area contributed by atoms with Crippen molar-refractivity contribution in [3.05, 3.63) is 24.0 Å². The van der Waals surface area contributed by atoms with Gasteiger partial charge in [0.2, 0.25) is 0 Å². The normalized spacial score (nSPS) is 15.6. The molecule has 0 fully saturated rings. The molecule has 0 saturated heterocycles. The summed E-state index contributed by atoms with van der Waals surface area (Å²) in [7, 11) is 0. The number of nitrogens with zero attached hydrogens (tertiary/aromatic N) is 2. The first-order valence-electron chi connectivity index (χ1n) is 6.51. The highest BCUT2D eigenvalue weighted by atomic mass is 16.5. The summed E-state index contributed by atoms with van der Waals surface area (Å²) >= 11 is 0. The van der Waals surface area contributed by atoms with Gasteiger partial charge in [-0.2, -0.15) is 0 Å². The minimum Gasteiger partial charge on any atom is -0.490 e. The number of amidine groups is 1. The van der Waals surface area contributed by atoms with E-state index in [1.807, 2.05) is 12.3 Å². The summed E-state index contributed by atoms with van der Waals surface area (Å²) < 4.78 is 11.0. The Morgan fingerprint density at radius 2 is 2.21 bits per heavy atom. The fraction of sp³-hybridized carbons (Fsp3) is 0.538. The van der Waals surface area contributed by atoms with E-state index in [9.17, 15) is 0 Å². The Morgan fingerprint density at radius 1 is 1.37 bits per heavy atom. The van der Waals surface area contributed by atoms with Crippen LogP contribution in [0.5, 0.6) is 5.75 Å². The second-order valence-electron chi connectivity index (χ2n) is 4.38. The minimum atomic E-state index is -0.199. The molecule has 0 aromatic carbocycles. The van der Waals surface area contributed by atoms with E-state index in [1.165, 1.54) is 0 Å². The molecule has 1 aromatic heterocycles. The van der Waals surface area contributed by atoms with Gasteiger partial charge in [0.1, 0.15) is 19.0 Å². The summed E-state index contributed by atoms with van der Waals surface area (Å²) in [5.74, 6) is 0.742. The molecular weight excluding hydrogens is 244 g/mol. The predicted molar refractivity (Wildman–Crippen MR) is 73.3 cm³/mol. The summed E-state index contributed by atoms with van der Waals surface area (Å²) in [5.41, 5.74) is 7.06. The van der Waals surface area contributed by atoms with Crippen LogP contribution in [0.1, 0.15) is 12.5 Å². The van der Waals surface area contributed by atoms with Crippen LogP contribution in [0.3, 0.4) is 0 Å². The summed E-state index contributed by atoms with van der Waals surface area (Å²) in [5, 5.41) is 3.02. The van der Waals surface area contributed by atoms with Crippen LogP contribution in [-0.4, -0.2) is 43.4 Å². The molecule has 1 aliphatic heterocycles. The Labute approximate surface area is 113 Å². The van der Waals surface area contributed by atoms with Crippen molar-refractivity contribution in [1.29, 1.82) is 0 Å². The number of aliphatic imine (C=N–C) groups is 1. The fourth-order valence-electron chi connectivity index (χ4n) is 1.65. The van der Waals surface area contributed by atoms with E-state index >= 15 is 0 Å². The third kappa shape index (κ3) is 4.40. The van der Waals surface area contributed by atoms with Gasteiger partial charge >= 0.3 is 0 Å². The quantitative estimate of drug-likeness (QED) is 0.773. The van der Waals surface area contributed by atoms with Crippen LogP contribution in [0.15, 0.2) is 23.5 Å². The van der Waals surface area contributed by atoms with Crippen molar-refractivity contribution < 1.29 is 9.47 Å². The van der Waals surface area contributed by atoms with Crippen LogP contribution in [-0.2, 0) is 11.2 Å². The lowest BCUT2D eigenvalue weighted by molar-refractivity contribution is 0.209. The standard InChI is InChI=1S/C13H20N4O2/c1-2-10-5-12(7-15-6-10)18-8-11(14)9-19-13-16-3-4-17-13/h5-7,11H,2-4,8-9,14H2,1H3,(H,16,17)/t11-/m1/s1. The Balaban J connectivity index is 1.71. The Kier molecular flexibility index (Phi) is 4.97. The molecule has 2 heterocycles. The maximum absolute atomic E-state index is 5.92. The largest absolute Gasteiger partial charge is 0.490 e. The van der Waals surface area contributed by atoms with Crippen molar-refractivity contribution >= 4 is 6.02 Å². The summed E-state index contributed by atoms with van der Waals surface area (Å²) in [6.45, 7) is 4.44. The van der Waals surface area contributed by atoms with Crippen LogP contribution in [0.2, 0.25) is 0 Å². The molecule has 6 heteroatoms. The second-order valence-corrected chi connectivity index (χ2v) is 4.38. The van der Waals surface area contributed by atoms with Gasteiger partial charge in [-0.1, -0.05) is 6.92 Å². The van der Waals surface area contributed by atoms with Gasteiger partial charge in [-0.3, -0.25) is 4.98 Å². The average molecular weight is 264 g/mol. The average Bonchev–Trinajstić information content (AvgIpc) is 2.96. The highest BCUT2D eigenvalue weighted by Crippen LogP contribution is 2.11. The molecule has 6 nitrogen and oxygen atoms in total. The molecule has 0 amide bonds. The summed E-state index contributed by atoms with van der Waals surface area (Å²) in [6.07, 6.45) is 4.46. The fourth-order valence-corrected chi connectivity index (χ4v) is 1.65. The number of ether oxygens (including phenoxy) is 2. The first-order valence-corrected chi connectivity index (χ1v) is 6.51. The Bertz CT molecular complexity index is 436. The molecule has 0 spiro atoms. The van der Waals surface area contributed by atoms with E-state index in [4.69, 9.17) is 15.2 Å². The van der Waals surface area contributed by atoms with Gasteiger partial charge in [-0.25, -0.2) is 4.99 Å². The van der Waals surface area contributed by atoms with Gasteiger partial charge < -0.3 is 20.5 Å². The Hall–Kier alpha value is -1.82. The summed E-state index contributed by atoms with van der Waals surface area (Å²) in [6, 6.07) is 2.35. The van der Waals surface area contributed by atoms with Crippen LogP contribution in [0, 0.1) is 0 Å². The minimum absolute atomic E-state index is 0.199. The molecule has 0 radical (unpaired) electrons. The Morgan fingerprint density at radius 3 is 2.95 bits per heavy atom. The van der Waals surface area contributed by atoms with Gasteiger partial charge in [0.25, 0.3) is 6.02 Å². The zero-order chi connectivity index (χ0) is 13.5. The lowest BCUT2D eigenvalue weighted by Crippen LogP contribution is -2.35. The molecule has 104 valence electrons. The second kappa shape index (κ2) is 6.94. The van der Waals surface area contributed by atoms with E-state index in [-0.39, 0.29) is 6.04 Å². The van der Waals surface area contributed by atoms with Gasteiger partial charge in [0.05, 0.1) is 18.8 Å². The van der Waals surface area contributed by atoms with Crippen molar-refractivity contribution in [1.82, 2.24) is 10.3 Å². The molecule has 0 saturated carbocycles. The molecule has 0 bridgehead atoms. The first-order chi connectivity index (χ1) is 9.28. The molecule has 3 N–H and O–H groups in total. The van der Waals surface area contributed by atoms with Gasteiger partial charge in [-0.15, -0.1) is 0 Å². The maximum atomic E-state index is 5.92. The van der Waals surface area contributed by atoms with Crippen molar-refractivity contribution in [2.24, 2.45) is 10.7 Å². The zero-order valence-corrected chi connectivity index (χ0v) is 11.1. The van der Waals surface area contributed by atoms with E-state index < -0.39 is 0 Å². The third-order valence-electron chi connectivity index (χ3n) is 2.72. The number of hydrogen-bond acceptors (Lipinski definition) is 6. The lowest BCUT2D eigenvalue weighted by atomic mass is 10.2. The van der Waals surface area contributed by atoms with Crippen LogP contribution in [0.25, 0.3) is 0 Å². The van der Waals surface area contributed by atoms with Crippen molar-refractivity contribution in [2.75, 3.05) is 26.3 Å². The molecule has 1 aliphatic rings. The molecule has 19 heavy (non-hydrogen) atoms. The van der Waals surface area contributed by atoms with Crippen LogP contribution < -0.4 is 15.8 Å². The van der Waals surface area contributed by atoms with Crippen molar-refractivity contribution in [3.63, 3.8) is 0 Å². The molecular formula is C13H20N4O2. The van der Waals surface area contributed by atoms with Gasteiger partial charge in [0.15, 0.2) is 0 Å². The maximum Gasteiger partial charge on any atom is 0.284 e.